The largest absolute Gasteiger partial charge is 0.480 e. The van der Waals surface area contributed by atoms with Gasteiger partial charge in [0, 0.05) is 24.3 Å². The second-order valence-corrected chi connectivity index (χ2v) is 3.60. The Morgan fingerprint density at radius 3 is 2.94 bits per heavy atom. The van der Waals surface area contributed by atoms with Gasteiger partial charge < -0.3 is 10.0 Å². The first-order valence-corrected chi connectivity index (χ1v) is 4.95. The Kier molecular flexibility index (Phi) is 2.72. The highest BCUT2D eigenvalue weighted by molar-refractivity contribution is 5.92. The van der Waals surface area contributed by atoms with Crippen LogP contribution in [0.2, 0.25) is 0 Å². The Morgan fingerprint density at radius 1 is 1.38 bits per heavy atom. The minimum Gasteiger partial charge on any atom is -0.480 e. The van der Waals surface area contributed by atoms with Crippen LogP contribution < -0.4 is 4.90 Å². The lowest BCUT2D eigenvalue weighted by molar-refractivity contribution is -0.135. The predicted molar refractivity (Wildman–Crippen MR) is 62.6 cm³/mol. The number of hydrogen-bond acceptors (Lipinski definition) is 3. The minimum atomic E-state index is -0.844. The highest BCUT2D eigenvalue weighted by Crippen LogP contribution is 2.23. The summed E-state index contributed by atoms with van der Waals surface area (Å²) in [7, 11) is 1.76. The molecule has 0 saturated carbocycles. The Bertz CT molecular complexity index is 520. The summed E-state index contributed by atoms with van der Waals surface area (Å²) >= 11 is 0. The SMILES string of the molecule is CN(CC(=O)O)c1cccc2ncccc12. The molecule has 0 amide bonds. The number of carboxylic acids is 1. The lowest BCUT2D eigenvalue weighted by Crippen LogP contribution is -2.25. The normalized spacial score (nSPS) is 10.3. The van der Waals surface area contributed by atoms with Crippen molar-refractivity contribution >= 4 is 22.6 Å². The van der Waals surface area contributed by atoms with Crippen molar-refractivity contribution in [3.05, 3.63) is 36.5 Å². The van der Waals surface area contributed by atoms with Crippen molar-refractivity contribution in [3.63, 3.8) is 0 Å². The van der Waals surface area contributed by atoms with Crippen molar-refractivity contribution in [2.45, 2.75) is 0 Å². The number of anilines is 1. The summed E-state index contributed by atoms with van der Waals surface area (Å²) in [6.45, 7) is -0.0198. The van der Waals surface area contributed by atoms with Crippen LogP contribution in [-0.2, 0) is 4.79 Å². The number of rotatable bonds is 3. The van der Waals surface area contributed by atoms with E-state index in [1.807, 2.05) is 30.3 Å². The third-order valence-electron chi connectivity index (χ3n) is 2.41. The molecule has 82 valence electrons. The first kappa shape index (κ1) is 10.4. The molecule has 2 aromatic rings. The topological polar surface area (TPSA) is 53.4 Å². The van der Waals surface area contributed by atoms with Gasteiger partial charge in [0.25, 0.3) is 0 Å². The zero-order valence-electron chi connectivity index (χ0n) is 8.92. The van der Waals surface area contributed by atoms with E-state index < -0.39 is 5.97 Å². The maximum atomic E-state index is 10.7. The van der Waals surface area contributed by atoms with E-state index >= 15 is 0 Å². The number of aromatic nitrogens is 1. The van der Waals surface area contributed by atoms with Gasteiger partial charge in [0.2, 0.25) is 0 Å². The Hall–Kier alpha value is -2.10. The van der Waals surface area contributed by atoms with Crippen LogP contribution in [0.4, 0.5) is 5.69 Å². The average Bonchev–Trinajstić information content (AvgIpc) is 2.27. The lowest BCUT2D eigenvalue weighted by Gasteiger charge is -2.18. The summed E-state index contributed by atoms with van der Waals surface area (Å²) in [5.74, 6) is -0.844. The van der Waals surface area contributed by atoms with Gasteiger partial charge in [-0.2, -0.15) is 0 Å². The molecule has 4 heteroatoms. The van der Waals surface area contributed by atoms with Gasteiger partial charge in [-0.3, -0.25) is 9.78 Å². The van der Waals surface area contributed by atoms with Crippen LogP contribution in [0.5, 0.6) is 0 Å². The smallest absolute Gasteiger partial charge is 0.323 e. The lowest BCUT2D eigenvalue weighted by atomic mass is 10.1. The molecule has 2 rings (SSSR count). The van der Waals surface area contributed by atoms with E-state index in [-0.39, 0.29) is 6.54 Å². The average molecular weight is 216 g/mol. The number of likely N-dealkylation sites (N-methyl/N-ethyl adjacent to an activating group) is 1. The van der Waals surface area contributed by atoms with Crippen molar-refractivity contribution < 1.29 is 9.90 Å². The fourth-order valence-corrected chi connectivity index (χ4v) is 1.71. The van der Waals surface area contributed by atoms with Crippen LogP contribution >= 0.6 is 0 Å². The van der Waals surface area contributed by atoms with Crippen molar-refractivity contribution in [2.75, 3.05) is 18.5 Å². The van der Waals surface area contributed by atoms with Gasteiger partial charge in [-0.15, -0.1) is 0 Å². The molecule has 4 nitrogen and oxygen atoms in total. The summed E-state index contributed by atoms with van der Waals surface area (Å²) in [5, 5.41) is 9.73. The summed E-state index contributed by atoms with van der Waals surface area (Å²) < 4.78 is 0. The number of carboxylic acid groups (broad SMARTS) is 1. The molecule has 0 spiro atoms. The number of pyridine rings is 1. The summed E-state index contributed by atoms with van der Waals surface area (Å²) in [4.78, 5) is 16.6. The molecule has 0 radical (unpaired) electrons. The van der Waals surface area contributed by atoms with Crippen LogP contribution in [0, 0.1) is 0 Å². The van der Waals surface area contributed by atoms with Crippen LogP contribution in [-0.4, -0.2) is 29.7 Å². The van der Waals surface area contributed by atoms with E-state index in [0.29, 0.717) is 0 Å². The van der Waals surface area contributed by atoms with Gasteiger partial charge in [-0.1, -0.05) is 6.07 Å². The van der Waals surface area contributed by atoms with E-state index in [0.717, 1.165) is 16.6 Å². The summed E-state index contributed by atoms with van der Waals surface area (Å²) in [5.41, 5.74) is 1.75. The third-order valence-corrected chi connectivity index (χ3v) is 2.41. The van der Waals surface area contributed by atoms with Crippen LogP contribution in [0.15, 0.2) is 36.5 Å². The zero-order valence-corrected chi connectivity index (χ0v) is 8.92. The maximum absolute atomic E-state index is 10.7. The Labute approximate surface area is 93.1 Å². The molecular weight excluding hydrogens is 204 g/mol. The molecule has 1 N–H and O–H groups in total. The van der Waals surface area contributed by atoms with Crippen molar-refractivity contribution in [3.8, 4) is 0 Å². The van der Waals surface area contributed by atoms with Crippen LogP contribution in [0.3, 0.4) is 0 Å². The van der Waals surface area contributed by atoms with Crippen molar-refractivity contribution in [2.24, 2.45) is 0 Å². The van der Waals surface area contributed by atoms with Gasteiger partial charge in [-0.05, 0) is 24.3 Å². The number of hydrogen-bond donors (Lipinski definition) is 1. The maximum Gasteiger partial charge on any atom is 0.323 e. The van der Waals surface area contributed by atoms with E-state index in [2.05, 4.69) is 4.98 Å². The second kappa shape index (κ2) is 4.18. The van der Waals surface area contributed by atoms with Gasteiger partial charge >= 0.3 is 5.97 Å². The van der Waals surface area contributed by atoms with Crippen LogP contribution in [0.25, 0.3) is 10.9 Å². The summed E-state index contributed by atoms with van der Waals surface area (Å²) in [6, 6.07) is 9.47. The Morgan fingerprint density at radius 2 is 2.19 bits per heavy atom. The van der Waals surface area contributed by atoms with E-state index in [1.165, 1.54) is 0 Å². The Balaban J connectivity index is 2.47. The number of benzene rings is 1. The molecule has 16 heavy (non-hydrogen) atoms. The molecule has 0 aliphatic carbocycles. The fourth-order valence-electron chi connectivity index (χ4n) is 1.71. The quantitative estimate of drug-likeness (QED) is 0.849. The van der Waals surface area contributed by atoms with Crippen LogP contribution in [0.1, 0.15) is 0 Å². The predicted octanol–water partition coefficient (Wildman–Crippen LogP) is 1.76. The first-order chi connectivity index (χ1) is 7.68. The van der Waals surface area contributed by atoms with Gasteiger partial charge in [-0.25, -0.2) is 0 Å². The molecule has 0 atom stereocenters. The van der Waals surface area contributed by atoms with Gasteiger partial charge in [0.1, 0.15) is 6.54 Å². The highest BCUT2D eigenvalue weighted by Gasteiger charge is 2.08. The van der Waals surface area contributed by atoms with E-state index in [1.54, 1.807) is 18.1 Å². The number of carbonyl (C=O) groups is 1. The minimum absolute atomic E-state index is 0.0198. The molecule has 0 aliphatic rings. The van der Waals surface area contributed by atoms with E-state index in [9.17, 15) is 4.79 Å². The molecule has 0 bridgehead atoms. The molecule has 1 heterocycles. The number of nitrogens with zero attached hydrogens (tertiary/aromatic N) is 2. The first-order valence-electron chi connectivity index (χ1n) is 4.95. The van der Waals surface area contributed by atoms with Crippen molar-refractivity contribution in [1.82, 2.24) is 4.98 Å². The van der Waals surface area contributed by atoms with E-state index in [4.69, 9.17) is 5.11 Å². The highest BCUT2D eigenvalue weighted by atomic mass is 16.4. The molecule has 0 aliphatic heterocycles. The molecule has 0 unspecified atom stereocenters. The molecule has 1 aromatic carbocycles. The second-order valence-electron chi connectivity index (χ2n) is 3.60. The monoisotopic (exact) mass is 216 g/mol. The van der Waals surface area contributed by atoms with Gasteiger partial charge in [0.05, 0.1) is 5.52 Å². The number of aliphatic carboxylic acids is 1. The number of fused-ring (bicyclic) bond motifs is 1. The standard InChI is InChI=1S/C12H12N2O2/c1-14(8-12(15)16)11-6-2-5-10-9(11)4-3-7-13-10/h2-7H,8H2,1H3,(H,15,16). The fraction of sp³-hybridized carbons (Fsp3) is 0.167. The third kappa shape index (κ3) is 1.95. The summed E-state index contributed by atoms with van der Waals surface area (Å²) in [6.07, 6.45) is 1.73. The molecule has 0 fully saturated rings. The molecule has 0 saturated heterocycles. The van der Waals surface area contributed by atoms with Crippen molar-refractivity contribution in [1.29, 1.82) is 0 Å². The zero-order chi connectivity index (χ0) is 11.5. The van der Waals surface area contributed by atoms with Gasteiger partial charge in [0.15, 0.2) is 0 Å². The molecular formula is C12H12N2O2. The molecule has 1 aromatic heterocycles.